The van der Waals surface area contributed by atoms with Gasteiger partial charge in [-0.25, -0.2) is 9.79 Å². The molecule has 2 aromatic rings. The van der Waals surface area contributed by atoms with E-state index >= 15 is 0 Å². The van der Waals surface area contributed by atoms with Gasteiger partial charge in [0.1, 0.15) is 0 Å². The highest BCUT2D eigenvalue weighted by molar-refractivity contribution is 14.1. The number of ether oxygens (including phenoxy) is 3. The minimum Gasteiger partial charge on any atom is -0.493 e. The zero-order valence-electron chi connectivity index (χ0n) is 15.8. The molecular formula is C21H18ClI2NO4. The van der Waals surface area contributed by atoms with Crippen molar-refractivity contribution in [3.8, 4) is 11.5 Å². The van der Waals surface area contributed by atoms with Crippen LogP contribution in [0.15, 0.2) is 41.0 Å². The highest BCUT2D eigenvalue weighted by Gasteiger charge is 2.26. The third-order valence-electron chi connectivity index (χ3n) is 4.08. The van der Waals surface area contributed by atoms with Crippen LogP contribution in [0.1, 0.15) is 30.9 Å². The molecule has 0 aliphatic carbocycles. The van der Waals surface area contributed by atoms with Gasteiger partial charge in [-0.1, -0.05) is 24.9 Å². The van der Waals surface area contributed by atoms with Crippen LogP contribution in [0.4, 0.5) is 0 Å². The number of benzene rings is 2. The third-order valence-corrected chi connectivity index (χ3v) is 5.88. The van der Waals surface area contributed by atoms with Crippen molar-refractivity contribution in [2.75, 3.05) is 13.7 Å². The summed E-state index contributed by atoms with van der Waals surface area (Å²) in [5.41, 5.74) is 1.55. The fourth-order valence-corrected chi connectivity index (χ4v) is 4.10. The monoisotopic (exact) mass is 637 g/mol. The molecule has 0 unspecified atom stereocenters. The lowest BCUT2D eigenvalue weighted by atomic mass is 10.1. The minimum absolute atomic E-state index is 0.200. The second-order valence-corrected chi connectivity index (χ2v) is 9.01. The highest BCUT2D eigenvalue weighted by atomic mass is 127. The number of halogens is 3. The van der Waals surface area contributed by atoms with Gasteiger partial charge in [0.15, 0.2) is 17.2 Å². The second kappa shape index (κ2) is 10.1. The Morgan fingerprint density at radius 2 is 2.03 bits per heavy atom. The molecule has 152 valence electrons. The molecule has 0 bridgehead atoms. The van der Waals surface area contributed by atoms with Crippen LogP contribution in [0.25, 0.3) is 6.08 Å². The Bertz CT molecular complexity index is 1000. The molecule has 0 atom stereocenters. The Morgan fingerprint density at radius 3 is 2.76 bits per heavy atom. The first kappa shape index (κ1) is 22.4. The van der Waals surface area contributed by atoms with Gasteiger partial charge in [0, 0.05) is 3.57 Å². The largest absolute Gasteiger partial charge is 0.493 e. The number of carbonyl (C=O) groups excluding carboxylic acids is 1. The lowest BCUT2D eigenvalue weighted by Crippen LogP contribution is -2.06. The van der Waals surface area contributed by atoms with Gasteiger partial charge in [0.25, 0.3) is 0 Å². The Morgan fingerprint density at radius 1 is 1.24 bits per heavy atom. The molecule has 8 heteroatoms. The van der Waals surface area contributed by atoms with Crippen LogP contribution in [0.3, 0.4) is 0 Å². The molecule has 0 N–H and O–H groups in total. The van der Waals surface area contributed by atoms with Crippen molar-refractivity contribution < 1.29 is 19.0 Å². The lowest BCUT2D eigenvalue weighted by Gasteiger charge is -2.13. The zero-order chi connectivity index (χ0) is 21.0. The van der Waals surface area contributed by atoms with E-state index in [-0.39, 0.29) is 11.6 Å². The molecule has 2 aromatic carbocycles. The second-order valence-electron chi connectivity index (χ2n) is 6.20. The quantitative estimate of drug-likeness (QED) is 0.160. The summed E-state index contributed by atoms with van der Waals surface area (Å²) in [6.45, 7) is 2.74. The molecule has 0 aromatic heterocycles. The molecule has 1 heterocycles. The number of cyclic esters (lactones) is 1. The van der Waals surface area contributed by atoms with Gasteiger partial charge in [0.05, 0.1) is 27.9 Å². The lowest BCUT2D eigenvalue weighted by molar-refractivity contribution is -0.129. The molecule has 29 heavy (non-hydrogen) atoms. The van der Waals surface area contributed by atoms with Gasteiger partial charge in [-0.15, -0.1) is 0 Å². The maximum absolute atomic E-state index is 12.3. The van der Waals surface area contributed by atoms with E-state index < -0.39 is 5.97 Å². The zero-order valence-corrected chi connectivity index (χ0v) is 20.9. The Labute approximate surface area is 201 Å². The summed E-state index contributed by atoms with van der Waals surface area (Å²) in [5, 5.41) is 0.475. The highest BCUT2D eigenvalue weighted by Crippen LogP contribution is 2.35. The van der Waals surface area contributed by atoms with Gasteiger partial charge < -0.3 is 14.2 Å². The van der Waals surface area contributed by atoms with Crippen LogP contribution < -0.4 is 9.47 Å². The van der Waals surface area contributed by atoms with Crippen LogP contribution in [0.5, 0.6) is 11.5 Å². The number of hydrogen-bond acceptors (Lipinski definition) is 5. The van der Waals surface area contributed by atoms with Crippen molar-refractivity contribution in [1.29, 1.82) is 0 Å². The van der Waals surface area contributed by atoms with E-state index in [9.17, 15) is 4.79 Å². The molecule has 5 nitrogen and oxygen atoms in total. The average Bonchev–Trinajstić information content (AvgIpc) is 3.05. The number of esters is 1. The van der Waals surface area contributed by atoms with Crippen LogP contribution in [-0.2, 0) is 9.53 Å². The van der Waals surface area contributed by atoms with E-state index in [1.807, 2.05) is 24.3 Å². The van der Waals surface area contributed by atoms with E-state index in [2.05, 4.69) is 57.1 Å². The Kier molecular flexibility index (Phi) is 7.80. The van der Waals surface area contributed by atoms with E-state index in [0.717, 1.165) is 25.5 Å². The van der Waals surface area contributed by atoms with Crippen LogP contribution in [0, 0.1) is 7.14 Å². The molecule has 0 amide bonds. The predicted molar refractivity (Wildman–Crippen MR) is 131 cm³/mol. The van der Waals surface area contributed by atoms with Crippen molar-refractivity contribution in [3.63, 3.8) is 0 Å². The van der Waals surface area contributed by atoms with Crippen molar-refractivity contribution in [2.24, 2.45) is 4.99 Å². The van der Waals surface area contributed by atoms with Gasteiger partial charge in [-0.05, 0) is 93.6 Å². The standard InChI is InChI=1S/C21H18ClI2NO4/c1-3-4-7-28-19-16(24)8-12(10-18(19)27-2)9-17-21(26)29-20(25-17)14-11-13(23)5-6-15(14)22/h5-6,8-11H,3-4,7H2,1-2H3/b17-9-. The van der Waals surface area contributed by atoms with Crippen molar-refractivity contribution >= 4 is 74.7 Å². The number of nitrogens with zero attached hydrogens (tertiary/aromatic N) is 1. The molecule has 0 radical (unpaired) electrons. The SMILES string of the molecule is CCCCOc1c(I)cc(/C=C2\N=C(c3cc(I)ccc3Cl)OC2=O)cc1OC. The van der Waals surface area contributed by atoms with Crippen LogP contribution in [-0.4, -0.2) is 25.6 Å². The van der Waals surface area contributed by atoms with Gasteiger partial charge in [0.2, 0.25) is 5.90 Å². The van der Waals surface area contributed by atoms with E-state index in [4.69, 9.17) is 25.8 Å². The van der Waals surface area contributed by atoms with Crippen LogP contribution >= 0.6 is 56.8 Å². The fraction of sp³-hybridized carbons (Fsp3) is 0.238. The Balaban J connectivity index is 1.93. The summed E-state index contributed by atoms with van der Waals surface area (Å²) in [4.78, 5) is 16.7. The number of aliphatic imine (C=N–C) groups is 1. The summed E-state index contributed by atoms with van der Waals surface area (Å²) in [5.74, 6) is 0.988. The van der Waals surface area contributed by atoms with Crippen molar-refractivity contribution in [1.82, 2.24) is 0 Å². The smallest absolute Gasteiger partial charge is 0.363 e. The minimum atomic E-state index is -0.521. The number of hydrogen-bond donors (Lipinski definition) is 0. The molecule has 3 rings (SSSR count). The molecule has 1 aliphatic heterocycles. The topological polar surface area (TPSA) is 57.1 Å². The third kappa shape index (κ3) is 5.43. The summed E-state index contributed by atoms with van der Waals surface area (Å²) in [7, 11) is 1.59. The van der Waals surface area contributed by atoms with Crippen molar-refractivity contribution in [2.45, 2.75) is 19.8 Å². The number of carbonyl (C=O) groups is 1. The first-order valence-corrected chi connectivity index (χ1v) is 11.4. The molecular weight excluding hydrogens is 619 g/mol. The average molecular weight is 638 g/mol. The summed E-state index contributed by atoms with van der Waals surface area (Å²) in [6.07, 6.45) is 3.68. The summed E-state index contributed by atoms with van der Waals surface area (Å²) < 4.78 is 18.5. The van der Waals surface area contributed by atoms with E-state index in [1.165, 1.54) is 0 Å². The summed E-state index contributed by atoms with van der Waals surface area (Å²) >= 11 is 10.6. The van der Waals surface area contributed by atoms with Gasteiger partial charge in [-0.2, -0.15) is 0 Å². The van der Waals surface area contributed by atoms with E-state index in [0.29, 0.717) is 28.7 Å². The van der Waals surface area contributed by atoms with Crippen LogP contribution in [0.2, 0.25) is 5.02 Å². The fourth-order valence-electron chi connectivity index (χ4n) is 2.63. The van der Waals surface area contributed by atoms with Gasteiger partial charge in [-0.3, -0.25) is 0 Å². The number of methoxy groups -OCH3 is 1. The van der Waals surface area contributed by atoms with Gasteiger partial charge >= 0.3 is 5.97 Å². The maximum atomic E-state index is 12.3. The molecule has 0 saturated carbocycles. The summed E-state index contributed by atoms with van der Waals surface area (Å²) in [6, 6.07) is 9.18. The van der Waals surface area contributed by atoms with E-state index in [1.54, 1.807) is 19.3 Å². The molecule has 1 aliphatic rings. The number of rotatable bonds is 7. The molecule has 0 fully saturated rings. The van der Waals surface area contributed by atoms with Crippen molar-refractivity contribution in [3.05, 3.63) is 59.3 Å². The number of unbranched alkanes of at least 4 members (excludes halogenated alkanes) is 1. The Hall–Kier alpha value is -1.33. The molecule has 0 spiro atoms. The first-order valence-electron chi connectivity index (χ1n) is 8.91. The molecule has 0 saturated heterocycles. The first-order chi connectivity index (χ1) is 13.9. The maximum Gasteiger partial charge on any atom is 0.363 e. The predicted octanol–water partition coefficient (Wildman–Crippen LogP) is 6.08. The normalized spacial score (nSPS) is 14.7.